The Morgan fingerprint density at radius 3 is 2.71 bits per heavy atom. The van der Waals surface area contributed by atoms with E-state index in [1.54, 1.807) is 12.3 Å². The van der Waals surface area contributed by atoms with Gasteiger partial charge < -0.3 is 5.73 Å². The standard InChI is InChI=1S/C16H12FN3S/c17-10-4-3-5-11(8-10)21-15-12-6-1-2-7-14(12)20-9-13(15)16(18)19/h1-9H,(H3,18,19). The van der Waals surface area contributed by atoms with Gasteiger partial charge in [-0.1, -0.05) is 36.0 Å². The Morgan fingerprint density at radius 1 is 1.14 bits per heavy atom. The molecule has 0 unspecified atom stereocenters. The maximum atomic E-state index is 13.4. The van der Waals surface area contributed by atoms with Crippen LogP contribution in [-0.4, -0.2) is 10.8 Å². The third-order valence-corrected chi connectivity index (χ3v) is 4.17. The lowest BCUT2D eigenvalue weighted by Gasteiger charge is -2.11. The number of nitrogens with one attached hydrogen (secondary N) is 1. The molecule has 0 saturated carbocycles. The molecule has 3 rings (SSSR count). The quantitative estimate of drug-likeness (QED) is 0.571. The first-order chi connectivity index (χ1) is 10.1. The van der Waals surface area contributed by atoms with Crippen molar-refractivity contribution in [1.82, 2.24) is 4.98 Å². The van der Waals surface area contributed by atoms with Crippen LogP contribution in [0.4, 0.5) is 4.39 Å². The van der Waals surface area contributed by atoms with Crippen LogP contribution in [0.3, 0.4) is 0 Å². The molecule has 21 heavy (non-hydrogen) atoms. The van der Waals surface area contributed by atoms with Crippen molar-refractivity contribution in [2.75, 3.05) is 0 Å². The zero-order valence-electron chi connectivity index (χ0n) is 11.0. The lowest BCUT2D eigenvalue weighted by Crippen LogP contribution is -2.13. The van der Waals surface area contributed by atoms with Crippen LogP contribution in [0, 0.1) is 11.2 Å². The van der Waals surface area contributed by atoms with Crippen LogP contribution < -0.4 is 5.73 Å². The van der Waals surface area contributed by atoms with Crippen molar-refractivity contribution in [2.24, 2.45) is 5.73 Å². The number of fused-ring (bicyclic) bond motifs is 1. The zero-order chi connectivity index (χ0) is 14.8. The van der Waals surface area contributed by atoms with Gasteiger partial charge in [-0.3, -0.25) is 10.4 Å². The molecule has 5 heteroatoms. The number of pyridine rings is 1. The topological polar surface area (TPSA) is 62.8 Å². The monoisotopic (exact) mass is 297 g/mol. The molecular formula is C16H12FN3S. The lowest BCUT2D eigenvalue weighted by atomic mass is 10.1. The van der Waals surface area contributed by atoms with Crippen molar-refractivity contribution in [3.05, 3.63) is 66.1 Å². The average Bonchev–Trinajstić information content (AvgIpc) is 2.47. The van der Waals surface area contributed by atoms with Gasteiger partial charge in [0.15, 0.2) is 0 Å². The molecule has 1 heterocycles. The van der Waals surface area contributed by atoms with E-state index in [9.17, 15) is 4.39 Å². The number of aromatic nitrogens is 1. The molecule has 0 atom stereocenters. The van der Waals surface area contributed by atoms with Crippen molar-refractivity contribution in [3.63, 3.8) is 0 Å². The van der Waals surface area contributed by atoms with E-state index in [0.29, 0.717) is 5.56 Å². The molecule has 3 nitrogen and oxygen atoms in total. The van der Waals surface area contributed by atoms with E-state index in [4.69, 9.17) is 11.1 Å². The Balaban J connectivity index is 2.18. The Kier molecular flexibility index (Phi) is 3.58. The number of nitrogens with two attached hydrogens (primary N) is 1. The van der Waals surface area contributed by atoms with Gasteiger partial charge >= 0.3 is 0 Å². The third-order valence-electron chi connectivity index (χ3n) is 3.03. The number of halogens is 1. The maximum absolute atomic E-state index is 13.4. The molecule has 0 aliphatic carbocycles. The minimum atomic E-state index is -0.289. The number of nitrogens with zero attached hydrogens (tertiary/aromatic N) is 1. The van der Waals surface area contributed by atoms with Gasteiger partial charge in [0.25, 0.3) is 0 Å². The first kappa shape index (κ1) is 13.6. The molecule has 2 aromatic carbocycles. The largest absolute Gasteiger partial charge is 0.384 e. The summed E-state index contributed by atoms with van der Waals surface area (Å²) in [4.78, 5) is 5.89. The number of hydrogen-bond donors (Lipinski definition) is 2. The van der Waals surface area contributed by atoms with Crippen molar-refractivity contribution in [2.45, 2.75) is 9.79 Å². The average molecular weight is 297 g/mol. The molecule has 0 aliphatic heterocycles. The summed E-state index contributed by atoms with van der Waals surface area (Å²) in [7, 11) is 0. The molecule has 3 aromatic rings. The molecule has 0 bridgehead atoms. The Bertz CT molecular complexity index is 833. The number of hydrogen-bond acceptors (Lipinski definition) is 3. The predicted octanol–water partition coefficient (Wildman–Crippen LogP) is 3.81. The summed E-state index contributed by atoms with van der Waals surface area (Å²) in [5.74, 6) is -0.338. The zero-order valence-corrected chi connectivity index (χ0v) is 11.8. The fraction of sp³-hybridized carbons (Fsp3) is 0. The fourth-order valence-electron chi connectivity index (χ4n) is 2.07. The Labute approximate surface area is 125 Å². The summed E-state index contributed by atoms with van der Waals surface area (Å²) in [5.41, 5.74) is 7.02. The fourth-order valence-corrected chi connectivity index (χ4v) is 3.18. The second kappa shape index (κ2) is 5.54. The predicted molar refractivity (Wildman–Crippen MR) is 83.3 cm³/mol. The summed E-state index contributed by atoms with van der Waals surface area (Å²) in [6, 6.07) is 14.0. The summed E-state index contributed by atoms with van der Waals surface area (Å²) in [6.45, 7) is 0. The van der Waals surface area contributed by atoms with Crippen LogP contribution in [-0.2, 0) is 0 Å². The normalized spacial score (nSPS) is 10.7. The molecule has 3 N–H and O–H groups in total. The first-order valence-corrected chi connectivity index (χ1v) is 7.12. The van der Waals surface area contributed by atoms with Gasteiger partial charge in [0.1, 0.15) is 11.7 Å². The molecule has 1 aromatic heterocycles. The molecule has 0 amide bonds. The molecule has 104 valence electrons. The minimum absolute atomic E-state index is 0.0489. The minimum Gasteiger partial charge on any atom is -0.384 e. The van der Waals surface area contributed by atoms with Gasteiger partial charge in [-0.15, -0.1) is 0 Å². The van der Waals surface area contributed by atoms with Crippen molar-refractivity contribution >= 4 is 28.5 Å². The smallest absolute Gasteiger partial charge is 0.125 e. The van der Waals surface area contributed by atoms with Crippen molar-refractivity contribution in [3.8, 4) is 0 Å². The van der Waals surface area contributed by atoms with E-state index >= 15 is 0 Å². The highest BCUT2D eigenvalue weighted by Gasteiger charge is 2.12. The molecule has 0 fully saturated rings. The van der Waals surface area contributed by atoms with E-state index < -0.39 is 0 Å². The number of benzene rings is 2. The molecule has 0 aliphatic rings. The highest BCUT2D eigenvalue weighted by Crippen LogP contribution is 2.35. The molecule has 0 spiro atoms. The Morgan fingerprint density at radius 2 is 1.95 bits per heavy atom. The van der Waals surface area contributed by atoms with E-state index in [1.165, 1.54) is 23.9 Å². The van der Waals surface area contributed by atoms with Crippen LogP contribution in [0.25, 0.3) is 10.9 Å². The van der Waals surface area contributed by atoms with Gasteiger partial charge in [-0.2, -0.15) is 0 Å². The summed E-state index contributed by atoms with van der Waals surface area (Å²) < 4.78 is 13.4. The van der Waals surface area contributed by atoms with Crippen molar-refractivity contribution < 1.29 is 4.39 Å². The van der Waals surface area contributed by atoms with Crippen LogP contribution in [0.2, 0.25) is 0 Å². The summed E-state index contributed by atoms with van der Waals surface area (Å²) >= 11 is 1.39. The first-order valence-electron chi connectivity index (χ1n) is 6.31. The second-order valence-corrected chi connectivity index (χ2v) is 5.58. The van der Waals surface area contributed by atoms with Crippen LogP contribution in [0.1, 0.15) is 5.56 Å². The summed E-state index contributed by atoms with van der Waals surface area (Å²) in [6.07, 6.45) is 1.59. The van der Waals surface area contributed by atoms with Gasteiger partial charge in [0.2, 0.25) is 0 Å². The highest BCUT2D eigenvalue weighted by molar-refractivity contribution is 7.99. The van der Waals surface area contributed by atoms with Gasteiger partial charge in [-0.25, -0.2) is 4.39 Å². The summed E-state index contributed by atoms with van der Waals surface area (Å²) in [5, 5.41) is 8.61. The van der Waals surface area contributed by atoms with Crippen LogP contribution >= 0.6 is 11.8 Å². The van der Waals surface area contributed by atoms with E-state index in [2.05, 4.69) is 4.98 Å². The van der Waals surface area contributed by atoms with Gasteiger partial charge in [-0.05, 0) is 24.3 Å². The highest BCUT2D eigenvalue weighted by atomic mass is 32.2. The molecular weight excluding hydrogens is 285 g/mol. The number of nitrogen functional groups attached to an aromatic ring is 1. The van der Waals surface area contributed by atoms with Crippen LogP contribution in [0.5, 0.6) is 0 Å². The van der Waals surface area contributed by atoms with Gasteiger partial charge in [0.05, 0.1) is 5.52 Å². The lowest BCUT2D eigenvalue weighted by molar-refractivity contribution is 0.624. The number of amidine groups is 1. The van der Waals surface area contributed by atoms with Crippen LogP contribution in [0.15, 0.2) is 64.5 Å². The van der Waals surface area contributed by atoms with Crippen molar-refractivity contribution in [1.29, 1.82) is 5.41 Å². The molecule has 0 saturated heterocycles. The Hall–Kier alpha value is -2.40. The number of rotatable bonds is 3. The van der Waals surface area contributed by atoms with E-state index in [0.717, 1.165) is 20.7 Å². The van der Waals surface area contributed by atoms with Gasteiger partial charge in [0, 0.05) is 26.9 Å². The van der Waals surface area contributed by atoms with E-state index in [-0.39, 0.29) is 11.7 Å². The number of para-hydroxylation sites is 1. The molecule has 0 radical (unpaired) electrons. The third kappa shape index (κ3) is 2.73. The van der Waals surface area contributed by atoms with E-state index in [1.807, 2.05) is 30.3 Å². The maximum Gasteiger partial charge on any atom is 0.125 e. The second-order valence-electron chi connectivity index (χ2n) is 4.49. The SMILES string of the molecule is N=C(N)c1cnc2ccccc2c1Sc1cccc(F)c1.